The van der Waals surface area contributed by atoms with Gasteiger partial charge in [0.25, 0.3) is 5.91 Å². The van der Waals surface area contributed by atoms with Gasteiger partial charge >= 0.3 is 0 Å². The molecule has 1 aromatic heterocycles. The number of nitrogens with one attached hydrogen (secondary N) is 1. The van der Waals surface area contributed by atoms with E-state index in [1.54, 1.807) is 23.1 Å². The molecule has 1 amide bonds. The molecule has 1 aliphatic rings. The Hall–Kier alpha value is -2.74. The molecule has 2 aromatic rings. The number of para-hydroxylation sites is 1. The SMILES string of the molecule is CN(C)CCCNc1cc(C(=O)N2CCN(c3ccccc3F)CC2)ncn1. The normalized spacial score (nSPS) is 14.4. The van der Waals surface area contributed by atoms with Crippen molar-refractivity contribution in [2.45, 2.75) is 6.42 Å². The Kier molecular flexibility index (Phi) is 6.76. The van der Waals surface area contributed by atoms with Gasteiger partial charge < -0.3 is 20.0 Å². The van der Waals surface area contributed by atoms with Crippen molar-refractivity contribution < 1.29 is 9.18 Å². The van der Waals surface area contributed by atoms with Crippen LogP contribution in [0.1, 0.15) is 16.9 Å². The van der Waals surface area contributed by atoms with Gasteiger partial charge in [-0.1, -0.05) is 12.1 Å². The van der Waals surface area contributed by atoms with Crippen molar-refractivity contribution >= 4 is 17.4 Å². The molecule has 0 aliphatic carbocycles. The van der Waals surface area contributed by atoms with Crippen molar-refractivity contribution in [3.8, 4) is 0 Å². The molecule has 3 rings (SSSR count). The fourth-order valence-electron chi connectivity index (χ4n) is 3.20. The predicted octanol–water partition coefficient (Wildman–Crippen LogP) is 1.94. The molecule has 8 heteroatoms. The fourth-order valence-corrected chi connectivity index (χ4v) is 3.20. The lowest BCUT2D eigenvalue weighted by atomic mass is 10.2. The summed E-state index contributed by atoms with van der Waals surface area (Å²) in [6, 6.07) is 8.43. The highest BCUT2D eigenvalue weighted by molar-refractivity contribution is 5.93. The van der Waals surface area contributed by atoms with Crippen LogP contribution in [0.15, 0.2) is 36.7 Å². The second-order valence-corrected chi connectivity index (χ2v) is 7.10. The molecule has 0 bridgehead atoms. The van der Waals surface area contributed by atoms with Gasteiger partial charge in [0, 0.05) is 38.8 Å². The molecule has 0 saturated carbocycles. The molecule has 1 saturated heterocycles. The number of rotatable bonds is 7. The maximum Gasteiger partial charge on any atom is 0.272 e. The van der Waals surface area contributed by atoms with Gasteiger partial charge in [-0.05, 0) is 39.2 Å². The molecule has 1 fully saturated rings. The number of nitrogens with zero attached hydrogens (tertiary/aromatic N) is 5. The van der Waals surface area contributed by atoms with Crippen LogP contribution in [0.2, 0.25) is 0 Å². The van der Waals surface area contributed by atoms with Crippen LogP contribution < -0.4 is 10.2 Å². The third-order valence-corrected chi connectivity index (χ3v) is 4.73. The molecule has 0 spiro atoms. The largest absolute Gasteiger partial charge is 0.370 e. The van der Waals surface area contributed by atoms with Crippen molar-refractivity contribution in [3.05, 3.63) is 48.2 Å². The van der Waals surface area contributed by atoms with Crippen molar-refractivity contribution in [2.24, 2.45) is 0 Å². The number of piperazine rings is 1. The third-order valence-electron chi connectivity index (χ3n) is 4.73. The van der Waals surface area contributed by atoms with Crippen molar-refractivity contribution in [2.75, 3.05) is 63.6 Å². The first kappa shape index (κ1) is 20.0. The maximum absolute atomic E-state index is 14.0. The number of halogens is 1. The van der Waals surface area contributed by atoms with E-state index in [1.807, 2.05) is 25.1 Å². The van der Waals surface area contributed by atoms with Crippen LogP contribution in [0.25, 0.3) is 0 Å². The number of hydrogen-bond acceptors (Lipinski definition) is 6. The summed E-state index contributed by atoms with van der Waals surface area (Å²) in [5.74, 6) is 0.303. The molecule has 2 heterocycles. The van der Waals surface area contributed by atoms with E-state index in [0.717, 1.165) is 19.5 Å². The van der Waals surface area contributed by atoms with Crippen LogP contribution in [0.4, 0.5) is 15.9 Å². The number of carbonyl (C=O) groups excluding carboxylic acids is 1. The van der Waals surface area contributed by atoms with Gasteiger partial charge in [0.2, 0.25) is 0 Å². The first-order valence-electron chi connectivity index (χ1n) is 9.54. The van der Waals surface area contributed by atoms with E-state index in [-0.39, 0.29) is 11.7 Å². The Morgan fingerprint density at radius 3 is 2.64 bits per heavy atom. The molecule has 0 atom stereocenters. The molecule has 1 aliphatic heterocycles. The minimum atomic E-state index is -0.233. The Bertz CT molecular complexity index is 792. The number of aromatic nitrogens is 2. The van der Waals surface area contributed by atoms with Crippen LogP contribution in [-0.4, -0.2) is 79.0 Å². The quantitative estimate of drug-likeness (QED) is 0.734. The lowest BCUT2D eigenvalue weighted by molar-refractivity contribution is 0.0740. The van der Waals surface area contributed by atoms with E-state index >= 15 is 0 Å². The summed E-state index contributed by atoms with van der Waals surface area (Å²) in [6.07, 6.45) is 2.40. The van der Waals surface area contributed by atoms with E-state index in [9.17, 15) is 9.18 Å². The van der Waals surface area contributed by atoms with Crippen LogP contribution in [0.3, 0.4) is 0 Å². The van der Waals surface area contributed by atoms with Gasteiger partial charge in [-0.3, -0.25) is 4.79 Å². The molecule has 0 unspecified atom stereocenters. The minimum Gasteiger partial charge on any atom is -0.370 e. The molecule has 150 valence electrons. The number of anilines is 2. The molecular weight excluding hydrogens is 359 g/mol. The van der Waals surface area contributed by atoms with Gasteiger partial charge in [0.1, 0.15) is 23.7 Å². The van der Waals surface area contributed by atoms with Gasteiger partial charge in [-0.15, -0.1) is 0 Å². The van der Waals surface area contributed by atoms with Crippen molar-refractivity contribution in [1.82, 2.24) is 19.8 Å². The molecule has 1 N–H and O–H groups in total. The van der Waals surface area contributed by atoms with Crippen molar-refractivity contribution in [1.29, 1.82) is 0 Å². The van der Waals surface area contributed by atoms with E-state index in [4.69, 9.17) is 0 Å². The lowest BCUT2D eigenvalue weighted by Crippen LogP contribution is -2.49. The zero-order valence-corrected chi connectivity index (χ0v) is 16.4. The summed E-state index contributed by atoms with van der Waals surface area (Å²) in [5, 5.41) is 3.23. The molecule has 1 aromatic carbocycles. The zero-order chi connectivity index (χ0) is 19.9. The van der Waals surface area contributed by atoms with Crippen LogP contribution in [-0.2, 0) is 0 Å². The van der Waals surface area contributed by atoms with Gasteiger partial charge in [0.05, 0.1) is 5.69 Å². The monoisotopic (exact) mass is 386 g/mol. The Morgan fingerprint density at radius 1 is 1.18 bits per heavy atom. The standard InChI is InChI=1S/C20H27FN6O/c1-25(2)9-5-8-22-19-14-17(23-15-24-19)20(28)27-12-10-26(11-13-27)18-7-4-3-6-16(18)21/h3-4,6-7,14-15H,5,8-13H2,1-2H3,(H,22,23,24). The first-order chi connectivity index (χ1) is 13.5. The average Bonchev–Trinajstić information content (AvgIpc) is 2.71. The Balaban J connectivity index is 1.55. The number of benzene rings is 1. The fraction of sp³-hybridized carbons (Fsp3) is 0.450. The molecule has 28 heavy (non-hydrogen) atoms. The van der Waals surface area contributed by atoms with E-state index in [2.05, 4.69) is 20.2 Å². The van der Waals surface area contributed by atoms with E-state index in [1.165, 1.54) is 12.4 Å². The summed E-state index contributed by atoms with van der Waals surface area (Å²) in [4.78, 5) is 27.0. The second kappa shape index (κ2) is 9.45. The second-order valence-electron chi connectivity index (χ2n) is 7.10. The van der Waals surface area contributed by atoms with Crippen LogP contribution in [0, 0.1) is 5.82 Å². The van der Waals surface area contributed by atoms with Gasteiger partial charge in [0.15, 0.2) is 0 Å². The van der Waals surface area contributed by atoms with Gasteiger partial charge in [-0.25, -0.2) is 14.4 Å². The van der Waals surface area contributed by atoms with Crippen LogP contribution >= 0.6 is 0 Å². The Labute approximate surface area is 165 Å². The van der Waals surface area contributed by atoms with Crippen LogP contribution in [0.5, 0.6) is 0 Å². The predicted molar refractivity (Wildman–Crippen MR) is 108 cm³/mol. The minimum absolute atomic E-state index is 0.119. The van der Waals surface area contributed by atoms with Crippen molar-refractivity contribution in [3.63, 3.8) is 0 Å². The lowest BCUT2D eigenvalue weighted by Gasteiger charge is -2.36. The summed E-state index contributed by atoms with van der Waals surface area (Å²) in [5.41, 5.74) is 0.963. The summed E-state index contributed by atoms with van der Waals surface area (Å²) in [7, 11) is 4.07. The number of hydrogen-bond donors (Lipinski definition) is 1. The van der Waals surface area contributed by atoms with E-state index in [0.29, 0.717) is 43.4 Å². The first-order valence-corrected chi connectivity index (χ1v) is 9.54. The maximum atomic E-state index is 14.0. The smallest absolute Gasteiger partial charge is 0.272 e. The summed E-state index contributed by atoms with van der Waals surface area (Å²) < 4.78 is 14.0. The molecular formula is C20H27FN6O. The highest BCUT2D eigenvalue weighted by Crippen LogP contribution is 2.20. The highest BCUT2D eigenvalue weighted by atomic mass is 19.1. The number of carbonyl (C=O) groups is 1. The zero-order valence-electron chi connectivity index (χ0n) is 16.4. The number of amides is 1. The van der Waals surface area contributed by atoms with Gasteiger partial charge in [-0.2, -0.15) is 0 Å². The summed E-state index contributed by atoms with van der Waals surface area (Å²) in [6.45, 7) is 4.01. The highest BCUT2D eigenvalue weighted by Gasteiger charge is 2.24. The molecule has 0 radical (unpaired) electrons. The molecule has 7 nitrogen and oxygen atoms in total. The topological polar surface area (TPSA) is 64.6 Å². The Morgan fingerprint density at radius 2 is 1.93 bits per heavy atom. The average molecular weight is 386 g/mol. The van der Waals surface area contributed by atoms with E-state index < -0.39 is 0 Å². The third kappa shape index (κ3) is 5.16. The summed E-state index contributed by atoms with van der Waals surface area (Å²) >= 11 is 0.